The summed E-state index contributed by atoms with van der Waals surface area (Å²) in [5, 5.41) is 4.68. The van der Waals surface area contributed by atoms with Crippen molar-refractivity contribution < 1.29 is 0 Å². The van der Waals surface area contributed by atoms with E-state index in [9.17, 15) is 0 Å². The van der Waals surface area contributed by atoms with Crippen LogP contribution >= 0.6 is 22.7 Å². The number of thiazole rings is 1. The molecular formula is C18H21N5S2. The highest BCUT2D eigenvalue weighted by molar-refractivity contribution is 7.19. The predicted octanol–water partition coefficient (Wildman–Crippen LogP) is 3.27. The van der Waals surface area contributed by atoms with Gasteiger partial charge in [-0.2, -0.15) is 0 Å². The largest absolute Gasteiger partial charge is 0.353 e. The number of fused-ring (bicyclic) bond motifs is 3. The third-order valence-electron chi connectivity index (χ3n) is 5.21. The minimum atomic E-state index is 0.964. The molecule has 0 amide bonds. The van der Waals surface area contributed by atoms with E-state index in [-0.39, 0.29) is 0 Å². The van der Waals surface area contributed by atoms with Crippen molar-refractivity contribution in [2.75, 3.05) is 31.1 Å². The van der Waals surface area contributed by atoms with Crippen LogP contribution in [0.3, 0.4) is 0 Å². The third-order valence-corrected chi connectivity index (χ3v) is 7.23. The van der Waals surface area contributed by atoms with Gasteiger partial charge >= 0.3 is 0 Å². The molecule has 1 fully saturated rings. The molecule has 25 heavy (non-hydrogen) atoms. The Morgan fingerprint density at radius 2 is 2.00 bits per heavy atom. The molecule has 0 spiro atoms. The van der Waals surface area contributed by atoms with Crippen LogP contribution < -0.4 is 4.90 Å². The molecule has 5 rings (SSSR count). The molecule has 0 unspecified atom stereocenters. The van der Waals surface area contributed by atoms with E-state index in [2.05, 4.69) is 37.1 Å². The molecule has 0 saturated carbocycles. The fourth-order valence-electron chi connectivity index (χ4n) is 3.98. The lowest BCUT2D eigenvalue weighted by molar-refractivity contribution is 0.247. The molecule has 130 valence electrons. The van der Waals surface area contributed by atoms with E-state index < -0.39 is 0 Å². The summed E-state index contributed by atoms with van der Waals surface area (Å²) < 4.78 is 0. The average molecular weight is 372 g/mol. The SMILES string of the molecule is Cc1nc(CN2CCN(c3ncnc4sc5c(c34)CCC5)CC2)cs1. The number of thiophene rings is 1. The first-order valence-electron chi connectivity index (χ1n) is 8.91. The van der Waals surface area contributed by atoms with Gasteiger partial charge in [0, 0.05) is 43.0 Å². The van der Waals surface area contributed by atoms with Crippen molar-refractivity contribution in [3.05, 3.63) is 32.8 Å². The summed E-state index contributed by atoms with van der Waals surface area (Å²) in [5.74, 6) is 1.16. The number of piperazine rings is 1. The molecule has 0 atom stereocenters. The Bertz CT molecular complexity index is 907. The van der Waals surface area contributed by atoms with Gasteiger partial charge in [0.05, 0.1) is 16.1 Å². The summed E-state index contributed by atoms with van der Waals surface area (Å²) in [6.45, 7) is 7.22. The van der Waals surface area contributed by atoms with Gasteiger partial charge in [-0.15, -0.1) is 22.7 Å². The van der Waals surface area contributed by atoms with Gasteiger partial charge in [-0.1, -0.05) is 0 Å². The van der Waals surface area contributed by atoms with Crippen LogP contribution in [0.25, 0.3) is 10.2 Å². The number of aromatic nitrogens is 3. The number of nitrogens with zero attached hydrogens (tertiary/aromatic N) is 5. The van der Waals surface area contributed by atoms with Gasteiger partial charge in [0.2, 0.25) is 0 Å². The highest BCUT2D eigenvalue weighted by atomic mass is 32.1. The summed E-state index contributed by atoms with van der Waals surface area (Å²) >= 11 is 3.61. The summed E-state index contributed by atoms with van der Waals surface area (Å²) in [6.07, 6.45) is 5.44. The Morgan fingerprint density at radius 3 is 2.80 bits per heavy atom. The van der Waals surface area contributed by atoms with Crippen LogP contribution in [0.15, 0.2) is 11.7 Å². The minimum absolute atomic E-state index is 0.964. The number of rotatable bonds is 3. The number of anilines is 1. The Morgan fingerprint density at radius 1 is 1.12 bits per heavy atom. The number of hydrogen-bond acceptors (Lipinski definition) is 7. The second-order valence-electron chi connectivity index (χ2n) is 6.86. The van der Waals surface area contributed by atoms with Gasteiger partial charge < -0.3 is 4.90 Å². The molecule has 7 heteroatoms. The van der Waals surface area contributed by atoms with E-state index in [1.807, 2.05) is 11.3 Å². The molecule has 0 radical (unpaired) electrons. The van der Waals surface area contributed by atoms with Gasteiger partial charge in [-0.3, -0.25) is 4.90 Å². The maximum atomic E-state index is 4.68. The zero-order chi connectivity index (χ0) is 16.8. The molecule has 5 nitrogen and oxygen atoms in total. The Balaban J connectivity index is 1.35. The fourth-order valence-corrected chi connectivity index (χ4v) is 5.81. The van der Waals surface area contributed by atoms with E-state index in [1.165, 1.54) is 45.6 Å². The number of aryl methyl sites for hydroxylation is 3. The monoisotopic (exact) mass is 371 g/mol. The van der Waals surface area contributed by atoms with Crippen molar-refractivity contribution in [2.45, 2.75) is 32.7 Å². The van der Waals surface area contributed by atoms with E-state index >= 15 is 0 Å². The fraction of sp³-hybridized carbons (Fsp3) is 0.500. The van der Waals surface area contributed by atoms with Crippen LogP contribution in [0, 0.1) is 6.92 Å². The molecule has 0 aromatic carbocycles. The highest BCUT2D eigenvalue weighted by Gasteiger charge is 2.25. The molecular weight excluding hydrogens is 350 g/mol. The topological polar surface area (TPSA) is 45.2 Å². The summed E-state index contributed by atoms with van der Waals surface area (Å²) in [6, 6.07) is 0. The normalized spacial score (nSPS) is 18.2. The van der Waals surface area contributed by atoms with E-state index in [0.717, 1.165) is 43.5 Å². The highest BCUT2D eigenvalue weighted by Crippen LogP contribution is 2.40. The van der Waals surface area contributed by atoms with Crippen molar-refractivity contribution in [3.63, 3.8) is 0 Å². The van der Waals surface area contributed by atoms with Crippen LogP contribution in [0.4, 0.5) is 5.82 Å². The van der Waals surface area contributed by atoms with Crippen LogP contribution in [0.5, 0.6) is 0 Å². The molecule has 0 bridgehead atoms. The zero-order valence-corrected chi connectivity index (χ0v) is 16.0. The lowest BCUT2D eigenvalue weighted by Crippen LogP contribution is -2.46. The van der Waals surface area contributed by atoms with Gasteiger partial charge in [0.15, 0.2) is 0 Å². The minimum Gasteiger partial charge on any atom is -0.353 e. The number of hydrogen-bond donors (Lipinski definition) is 0. The third kappa shape index (κ3) is 2.84. The lowest BCUT2D eigenvalue weighted by atomic mass is 10.1. The van der Waals surface area contributed by atoms with Crippen LogP contribution in [-0.4, -0.2) is 46.0 Å². The molecule has 3 aromatic heterocycles. The van der Waals surface area contributed by atoms with Gasteiger partial charge in [0.25, 0.3) is 0 Å². The summed E-state index contributed by atoms with van der Waals surface area (Å²) in [4.78, 5) is 21.5. The molecule has 2 aliphatic rings. The van der Waals surface area contributed by atoms with Crippen molar-refractivity contribution in [3.8, 4) is 0 Å². The summed E-state index contributed by atoms with van der Waals surface area (Å²) in [7, 11) is 0. The molecule has 1 saturated heterocycles. The quantitative estimate of drug-likeness (QED) is 0.707. The smallest absolute Gasteiger partial charge is 0.141 e. The van der Waals surface area contributed by atoms with E-state index in [4.69, 9.17) is 0 Å². The Labute approximate surface area is 155 Å². The van der Waals surface area contributed by atoms with Crippen molar-refractivity contribution in [2.24, 2.45) is 0 Å². The van der Waals surface area contributed by atoms with Crippen LogP contribution in [0.1, 0.15) is 27.6 Å². The molecule has 1 aliphatic heterocycles. The Hall–Kier alpha value is -1.57. The standard InChI is InChI=1S/C18H21N5S2/c1-12-21-13(10-24-12)9-22-5-7-23(8-6-22)17-16-14-3-2-4-15(14)25-18(16)20-11-19-17/h10-11H,2-9H2,1H3. The van der Waals surface area contributed by atoms with Crippen molar-refractivity contribution in [1.29, 1.82) is 0 Å². The molecule has 3 aromatic rings. The molecule has 4 heterocycles. The van der Waals surface area contributed by atoms with Crippen molar-refractivity contribution >= 4 is 38.7 Å². The second-order valence-corrected chi connectivity index (χ2v) is 9.00. The lowest BCUT2D eigenvalue weighted by Gasteiger charge is -2.35. The van der Waals surface area contributed by atoms with Gasteiger partial charge in [-0.25, -0.2) is 15.0 Å². The van der Waals surface area contributed by atoms with Gasteiger partial charge in [-0.05, 0) is 31.7 Å². The average Bonchev–Trinajstić information content (AvgIpc) is 3.31. The Kier molecular flexibility index (Phi) is 3.95. The van der Waals surface area contributed by atoms with Crippen molar-refractivity contribution in [1.82, 2.24) is 19.9 Å². The zero-order valence-electron chi connectivity index (χ0n) is 14.4. The molecule has 1 aliphatic carbocycles. The maximum absolute atomic E-state index is 4.68. The van der Waals surface area contributed by atoms with E-state index in [0.29, 0.717) is 0 Å². The predicted molar refractivity (Wildman–Crippen MR) is 104 cm³/mol. The molecule has 0 N–H and O–H groups in total. The van der Waals surface area contributed by atoms with Crippen LogP contribution in [0.2, 0.25) is 0 Å². The maximum Gasteiger partial charge on any atom is 0.141 e. The first kappa shape index (κ1) is 15.7. The van der Waals surface area contributed by atoms with Gasteiger partial charge in [0.1, 0.15) is 17.0 Å². The summed E-state index contributed by atoms with van der Waals surface area (Å²) in [5.41, 5.74) is 2.73. The second kappa shape index (κ2) is 6.30. The van der Waals surface area contributed by atoms with E-state index in [1.54, 1.807) is 17.7 Å². The van der Waals surface area contributed by atoms with Crippen LogP contribution in [-0.2, 0) is 19.4 Å². The first-order valence-corrected chi connectivity index (χ1v) is 10.6. The first-order chi connectivity index (χ1) is 12.3.